The van der Waals surface area contributed by atoms with Crippen LogP contribution in [0.2, 0.25) is 0 Å². The zero-order valence-electron chi connectivity index (χ0n) is 13.4. The first-order valence-electron chi connectivity index (χ1n) is 7.81. The van der Waals surface area contributed by atoms with Crippen LogP contribution in [0.5, 0.6) is 0 Å². The summed E-state index contributed by atoms with van der Waals surface area (Å²) in [6.45, 7) is 13.4. The van der Waals surface area contributed by atoms with Gasteiger partial charge >= 0.3 is 0 Å². The summed E-state index contributed by atoms with van der Waals surface area (Å²) in [6.07, 6.45) is 0. The molecule has 3 nitrogen and oxygen atoms in total. The van der Waals surface area contributed by atoms with Gasteiger partial charge in [0.1, 0.15) is 0 Å². The van der Waals surface area contributed by atoms with Gasteiger partial charge in [0.15, 0.2) is 0 Å². The second-order valence-electron chi connectivity index (χ2n) is 6.14. The second-order valence-corrected chi connectivity index (χ2v) is 6.14. The fraction of sp³-hybridized carbons (Fsp3) is 0.647. The normalized spacial score (nSPS) is 19.2. The minimum Gasteiger partial charge on any atom is -0.309 e. The lowest BCUT2D eigenvalue weighted by Gasteiger charge is -2.35. The Bertz CT molecular complexity index is 402. The molecule has 0 amide bonds. The molecule has 1 aliphatic heterocycles. The van der Waals surface area contributed by atoms with E-state index in [1.54, 1.807) is 0 Å². The highest BCUT2D eigenvalue weighted by atomic mass is 15.3. The van der Waals surface area contributed by atoms with E-state index in [4.69, 9.17) is 0 Å². The number of hydrogen-bond donors (Lipinski definition) is 1. The van der Waals surface area contributed by atoms with Crippen LogP contribution < -0.4 is 5.32 Å². The lowest BCUT2D eigenvalue weighted by Crippen LogP contribution is -2.47. The average molecular weight is 275 g/mol. The molecule has 1 fully saturated rings. The third-order valence-corrected chi connectivity index (χ3v) is 4.13. The smallest absolute Gasteiger partial charge is 0.0449 e. The predicted octanol–water partition coefficient (Wildman–Crippen LogP) is 2.20. The summed E-state index contributed by atoms with van der Waals surface area (Å²) in [6, 6.07) is 7.36. The SMILES string of the molecule is CCNC(CN1CCN(C)CC1)c1cc(C)cc(C)c1. The van der Waals surface area contributed by atoms with Crippen molar-refractivity contribution in [3.63, 3.8) is 0 Å². The summed E-state index contributed by atoms with van der Waals surface area (Å²) in [5.74, 6) is 0. The van der Waals surface area contributed by atoms with Crippen LogP contribution in [0, 0.1) is 13.8 Å². The van der Waals surface area contributed by atoms with E-state index < -0.39 is 0 Å². The Hall–Kier alpha value is -0.900. The number of benzene rings is 1. The Kier molecular flexibility index (Phi) is 5.58. The zero-order chi connectivity index (χ0) is 14.5. The van der Waals surface area contributed by atoms with E-state index in [2.05, 4.69) is 61.1 Å². The van der Waals surface area contributed by atoms with Crippen LogP contribution in [0.15, 0.2) is 18.2 Å². The number of nitrogens with one attached hydrogen (secondary N) is 1. The average Bonchev–Trinajstić information content (AvgIpc) is 2.39. The van der Waals surface area contributed by atoms with Gasteiger partial charge in [-0.2, -0.15) is 0 Å². The van der Waals surface area contributed by atoms with Gasteiger partial charge in [-0.1, -0.05) is 36.2 Å². The molecule has 1 atom stereocenters. The number of nitrogens with zero attached hydrogens (tertiary/aromatic N) is 2. The van der Waals surface area contributed by atoms with Crippen LogP contribution in [0.4, 0.5) is 0 Å². The highest BCUT2D eigenvalue weighted by molar-refractivity contribution is 5.31. The lowest BCUT2D eigenvalue weighted by atomic mass is 10.0. The van der Waals surface area contributed by atoms with Gasteiger partial charge in [-0.15, -0.1) is 0 Å². The molecular formula is C17H29N3. The van der Waals surface area contributed by atoms with Crippen LogP contribution in [0.1, 0.15) is 29.7 Å². The molecule has 0 spiro atoms. The highest BCUT2D eigenvalue weighted by Gasteiger charge is 2.19. The number of piperazine rings is 1. The number of hydrogen-bond acceptors (Lipinski definition) is 3. The van der Waals surface area contributed by atoms with Crippen molar-refractivity contribution in [1.29, 1.82) is 0 Å². The number of rotatable bonds is 5. The molecular weight excluding hydrogens is 246 g/mol. The van der Waals surface area contributed by atoms with Crippen LogP contribution in [-0.4, -0.2) is 56.1 Å². The van der Waals surface area contributed by atoms with Crippen LogP contribution in [0.3, 0.4) is 0 Å². The Morgan fingerprint density at radius 1 is 1.05 bits per heavy atom. The maximum absolute atomic E-state index is 3.66. The summed E-state index contributed by atoms with van der Waals surface area (Å²) < 4.78 is 0. The van der Waals surface area contributed by atoms with E-state index in [1.807, 2.05) is 0 Å². The van der Waals surface area contributed by atoms with E-state index in [0.717, 1.165) is 13.1 Å². The molecule has 2 rings (SSSR count). The zero-order valence-corrected chi connectivity index (χ0v) is 13.4. The molecule has 0 saturated carbocycles. The maximum Gasteiger partial charge on any atom is 0.0449 e. The first-order valence-corrected chi connectivity index (χ1v) is 7.81. The summed E-state index contributed by atoms with van der Waals surface area (Å²) in [7, 11) is 2.21. The molecule has 1 aromatic carbocycles. The van der Waals surface area contributed by atoms with Crippen LogP contribution in [-0.2, 0) is 0 Å². The molecule has 0 aliphatic carbocycles. The minimum atomic E-state index is 0.446. The topological polar surface area (TPSA) is 18.5 Å². The van der Waals surface area contributed by atoms with Crippen molar-refractivity contribution in [2.45, 2.75) is 26.8 Å². The third-order valence-electron chi connectivity index (χ3n) is 4.13. The van der Waals surface area contributed by atoms with Crippen molar-refractivity contribution >= 4 is 0 Å². The van der Waals surface area contributed by atoms with E-state index >= 15 is 0 Å². The van der Waals surface area contributed by atoms with Crippen molar-refractivity contribution in [2.75, 3.05) is 46.3 Å². The standard InChI is InChI=1S/C17H29N3/c1-5-18-17(13-20-8-6-19(4)7-9-20)16-11-14(2)10-15(3)12-16/h10-12,17-18H,5-9,13H2,1-4H3. The van der Waals surface area contributed by atoms with Gasteiger partial charge in [0, 0.05) is 38.8 Å². The fourth-order valence-electron chi connectivity index (χ4n) is 3.03. The molecule has 20 heavy (non-hydrogen) atoms. The van der Waals surface area contributed by atoms with Gasteiger partial charge in [0.2, 0.25) is 0 Å². The molecule has 1 saturated heterocycles. The molecule has 1 unspecified atom stereocenters. The van der Waals surface area contributed by atoms with Gasteiger partial charge in [-0.05, 0) is 33.0 Å². The van der Waals surface area contributed by atoms with Gasteiger partial charge < -0.3 is 10.2 Å². The van der Waals surface area contributed by atoms with Crippen molar-refractivity contribution in [2.24, 2.45) is 0 Å². The Balaban J connectivity index is 2.06. The molecule has 1 heterocycles. The van der Waals surface area contributed by atoms with Crippen LogP contribution >= 0.6 is 0 Å². The van der Waals surface area contributed by atoms with E-state index in [-0.39, 0.29) is 0 Å². The van der Waals surface area contributed by atoms with E-state index in [9.17, 15) is 0 Å². The van der Waals surface area contributed by atoms with Gasteiger partial charge in [-0.25, -0.2) is 0 Å². The summed E-state index contributed by atoms with van der Waals surface area (Å²) in [5, 5.41) is 3.66. The monoisotopic (exact) mass is 275 g/mol. The van der Waals surface area contributed by atoms with Crippen LogP contribution in [0.25, 0.3) is 0 Å². The largest absolute Gasteiger partial charge is 0.309 e. The van der Waals surface area contributed by atoms with Crippen molar-refractivity contribution in [1.82, 2.24) is 15.1 Å². The summed E-state index contributed by atoms with van der Waals surface area (Å²) in [5.41, 5.74) is 4.16. The molecule has 1 aromatic rings. The van der Waals surface area contributed by atoms with E-state index in [0.29, 0.717) is 6.04 Å². The Morgan fingerprint density at radius 2 is 1.65 bits per heavy atom. The highest BCUT2D eigenvalue weighted by Crippen LogP contribution is 2.19. The van der Waals surface area contributed by atoms with Crippen molar-refractivity contribution in [3.8, 4) is 0 Å². The predicted molar refractivity (Wildman–Crippen MR) is 86.3 cm³/mol. The molecule has 1 aliphatic rings. The van der Waals surface area contributed by atoms with Gasteiger partial charge in [0.05, 0.1) is 0 Å². The molecule has 0 aromatic heterocycles. The quantitative estimate of drug-likeness (QED) is 0.889. The molecule has 112 valence electrons. The maximum atomic E-state index is 3.66. The first kappa shape index (κ1) is 15.5. The van der Waals surface area contributed by atoms with E-state index in [1.165, 1.54) is 42.9 Å². The van der Waals surface area contributed by atoms with Gasteiger partial charge in [0.25, 0.3) is 0 Å². The Morgan fingerprint density at radius 3 is 2.20 bits per heavy atom. The fourth-order valence-corrected chi connectivity index (χ4v) is 3.03. The second kappa shape index (κ2) is 7.21. The minimum absolute atomic E-state index is 0.446. The lowest BCUT2D eigenvalue weighted by molar-refractivity contribution is 0.142. The van der Waals surface area contributed by atoms with Gasteiger partial charge in [-0.3, -0.25) is 4.90 Å². The van der Waals surface area contributed by atoms with Crippen molar-refractivity contribution in [3.05, 3.63) is 34.9 Å². The number of likely N-dealkylation sites (N-methyl/N-ethyl adjacent to an activating group) is 2. The third kappa shape index (κ3) is 4.30. The Labute approximate surface area is 124 Å². The molecule has 3 heteroatoms. The number of aryl methyl sites for hydroxylation is 2. The first-order chi connectivity index (χ1) is 9.58. The molecule has 1 N–H and O–H groups in total. The van der Waals surface area contributed by atoms with Crippen molar-refractivity contribution < 1.29 is 0 Å². The molecule has 0 radical (unpaired) electrons. The summed E-state index contributed by atoms with van der Waals surface area (Å²) >= 11 is 0. The molecule has 0 bridgehead atoms. The summed E-state index contributed by atoms with van der Waals surface area (Å²) in [4.78, 5) is 5.00.